The highest BCUT2D eigenvalue weighted by Crippen LogP contribution is 2.41. The van der Waals surface area contributed by atoms with E-state index in [1.807, 2.05) is 24.1 Å². The van der Waals surface area contributed by atoms with E-state index in [1.54, 1.807) is 0 Å². The second-order valence-electron chi connectivity index (χ2n) is 6.61. The summed E-state index contributed by atoms with van der Waals surface area (Å²) in [5.41, 5.74) is 1.32. The van der Waals surface area contributed by atoms with Crippen molar-refractivity contribution in [3.05, 3.63) is 34.3 Å². The minimum atomic E-state index is 0.142. The van der Waals surface area contributed by atoms with Crippen molar-refractivity contribution in [2.45, 2.75) is 46.1 Å². The highest BCUT2D eigenvalue weighted by atomic mass is 79.9. The summed E-state index contributed by atoms with van der Waals surface area (Å²) >= 11 is 3.44. The minimum absolute atomic E-state index is 0.142. The summed E-state index contributed by atoms with van der Waals surface area (Å²) in [6, 6.07) is 8.19. The molecule has 1 amide bonds. The van der Waals surface area contributed by atoms with Crippen molar-refractivity contribution in [2.75, 3.05) is 7.05 Å². The largest absolute Gasteiger partial charge is 0.341 e. The molecule has 0 bridgehead atoms. The van der Waals surface area contributed by atoms with Crippen LogP contribution >= 0.6 is 15.9 Å². The van der Waals surface area contributed by atoms with Crippen molar-refractivity contribution < 1.29 is 4.79 Å². The molecule has 3 heteroatoms. The Bertz CT molecular complexity index is 466. The molecule has 0 spiro atoms. The molecule has 1 aromatic carbocycles. The molecule has 1 aromatic rings. The van der Waals surface area contributed by atoms with Gasteiger partial charge < -0.3 is 4.90 Å². The van der Waals surface area contributed by atoms with Crippen molar-refractivity contribution in [3.63, 3.8) is 0 Å². The Morgan fingerprint density at radius 1 is 1.30 bits per heavy atom. The van der Waals surface area contributed by atoms with Gasteiger partial charge in [-0.15, -0.1) is 0 Å². The van der Waals surface area contributed by atoms with Crippen LogP contribution < -0.4 is 0 Å². The Kier molecular flexibility index (Phi) is 4.90. The fourth-order valence-corrected chi connectivity index (χ4v) is 3.42. The SMILES string of the molecule is CN(Cc1ccc(Br)cc1)C(=O)C1CCCCC1(C)C. The Labute approximate surface area is 130 Å². The number of nitrogens with zero attached hydrogens (tertiary/aromatic N) is 1. The lowest BCUT2D eigenvalue weighted by Gasteiger charge is -2.39. The van der Waals surface area contributed by atoms with Gasteiger partial charge in [-0.1, -0.05) is 54.8 Å². The monoisotopic (exact) mass is 337 g/mol. The van der Waals surface area contributed by atoms with E-state index in [0.717, 1.165) is 17.3 Å². The third-order valence-corrected chi connectivity index (χ3v) is 5.04. The van der Waals surface area contributed by atoms with Gasteiger partial charge >= 0.3 is 0 Å². The molecule has 0 N–H and O–H groups in total. The molecule has 0 saturated heterocycles. The van der Waals surface area contributed by atoms with E-state index in [0.29, 0.717) is 12.5 Å². The first-order valence-corrected chi connectivity index (χ1v) is 8.19. The van der Waals surface area contributed by atoms with Gasteiger partial charge in [-0.2, -0.15) is 0 Å². The van der Waals surface area contributed by atoms with Crippen LogP contribution in [0, 0.1) is 11.3 Å². The molecule has 1 unspecified atom stereocenters. The van der Waals surface area contributed by atoms with Gasteiger partial charge in [0.1, 0.15) is 0 Å². The smallest absolute Gasteiger partial charge is 0.226 e. The van der Waals surface area contributed by atoms with Crippen molar-refractivity contribution in [2.24, 2.45) is 11.3 Å². The van der Waals surface area contributed by atoms with E-state index in [9.17, 15) is 4.79 Å². The average Bonchev–Trinajstić information content (AvgIpc) is 2.40. The first kappa shape index (κ1) is 15.6. The lowest BCUT2D eigenvalue weighted by atomic mass is 9.68. The molecule has 1 aliphatic rings. The summed E-state index contributed by atoms with van der Waals surface area (Å²) in [6.07, 6.45) is 4.64. The molecular weight excluding hydrogens is 314 g/mol. The van der Waals surface area contributed by atoms with Gasteiger partial charge in [0.2, 0.25) is 5.91 Å². The third kappa shape index (κ3) is 3.63. The Morgan fingerprint density at radius 2 is 1.95 bits per heavy atom. The number of benzene rings is 1. The van der Waals surface area contributed by atoms with Gasteiger partial charge in [-0.3, -0.25) is 4.79 Å². The van der Waals surface area contributed by atoms with Crippen LogP contribution in [0.3, 0.4) is 0 Å². The zero-order valence-electron chi connectivity index (χ0n) is 12.7. The maximum absolute atomic E-state index is 12.7. The number of halogens is 1. The molecular formula is C17H24BrNO. The van der Waals surface area contributed by atoms with Crippen molar-refractivity contribution in [1.82, 2.24) is 4.90 Å². The van der Waals surface area contributed by atoms with Crippen LogP contribution in [0.15, 0.2) is 28.7 Å². The maximum atomic E-state index is 12.7. The summed E-state index contributed by atoms with van der Waals surface area (Å²) in [4.78, 5) is 14.6. The van der Waals surface area contributed by atoms with E-state index >= 15 is 0 Å². The van der Waals surface area contributed by atoms with Gasteiger partial charge in [0, 0.05) is 24.0 Å². The summed E-state index contributed by atoms with van der Waals surface area (Å²) in [5.74, 6) is 0.481. The van der Waals surface area contributed by atoms with Crippen molar-refractivity contribution in [3.8, 4) is 0 Å². The van der Waals surface area contributed by atoms with E-state index in [2.05, 4.69) is 41.9 Å². The van der Waals surface area contributed by atoms with Crippen LogP contribution in [0.4, 0.5) is 0 Å². The second-order valence-corrected chi connectivity index (χ2v) is 7.52. The molecule has 110 valence electrons. The van der Waals surface area contributed by atoms with Crippen LogP contribution in [0.5, 0.6) is 0 Å². The number of carbonyl (C=O) groups excluding carboxylic acids is 1. The van der Waals surface area contributed by atoms with Gasteiger partial charge in [-0.05, 0) is 36.0 Å². The molecule has 0 radical (unpaired) electrons. The normalized spacial score (nSPS) is 21.5. The van der Waals surface area contributed by atoms with Crippen LogP contribution in [-0.4, -0.2) is 17.9 Å². The summed E-state index contributed by atoms with van der Waals surface area (Å²) < 4.78 is 1.07. The van der Waals surface area contributed by atoms with Crippen molar-refractivity contribution in [1.29, 1.82) is 0 Å². The van der Waals surface area contributed by atoms with Gasteiger partial charge in [-0.25, -0.2) is 0 Å². The predicted octanol–water partition coefficient (Wildman–Crippen LogP) is 4.62. The third-order valence-electron chi connectivity index (χ3n) is 4.51. The highest BCUT2D eigenvalue weighted by molar-refractivity contribution is 9.10. The van der Waals surface area contributed by atoms with Crippen LogP contribution in [-0.2, 0) is 11.3 Å². The molecule has 2 rings (SSSR count). The average molecular weight is 338 g/mol. The molecule has 1 atom stereocenters. The summed E-state index contributed by atoms with van der Waals surface area (Å²) in [6.45, 7) is 5.17. The Balaban J connectivity index is 2.02. The molecule has 0 aliphatic heterocycles. The zero-order chi connectivity index (χ0) is 14.8. The lowest BCUT2D eigenvalue weighted by molar-refractivity contribution is -0.140. The minimum Gasteiger partial charge on any atom is -0.341 e. The van der Waals surface area contributed by atoms with E-state index < -0.39 is 0 Å². The van der Waals surface area contributed by atoms with Gasteiger partial charge in [0.15, 0.2) is 0 Å². The highest BCUT2D eigenvalue weighted by Gasteiger charge is 2.38. The lowest BCUT2D eigenvalue weighted by Crippen LogP contribution is -2.41. The summed E-state index contributed by atoms with van der Waals surface area (Å²) in [7, 11) is 1.93. The number of amides is 1. The van der Waals surface area contributed by atoms with E-state index in [4.69, 9.17) is 0 Å². The second kappa shape index (κ2) is 6.30. The van der Waals surface area contributed by atoms with E-state index in [1.165, 1.54) is 18.4 Å². The number of carbonyl (C=O) groups is 1. The Morgan fingerprint density at radius 3 is 2.55 bits per heavy atom. The molecule has 1 aliphatic carbocycles. The number of hydrogen-bond donors (Lipinski definition) is 0. The first-order valence-electron chi connectivity index (χ1n) is 7.39. The van der Waals surface area contributed by atoms with Gasteiger partial charge in [0.25, 0.3) is 0 Å². The molecule has 0 heterocycles. The quantitative estimate of drug-likeness (QED) is 0.787. The zero-order valence-corrected chi connectivity index (χ0v) is 14.2. The van der Waals surface area contributed by atoms with Gasteiger partial charge in [0.05, 0.1) is 0 Å². The molecule has 1 fully saturated rings. The molecule has 1 saturated carbocycles. The van der Waals surface area contributed by atoms with Crippen LogP contribution in [0.25, 0.3) is 0 Å². The number of rotatable bonds is 3. The molecule has 2 nitrogen and oxygen atoms in total. The topological polar surface area (TPSA) is 20.3 Å². The Hall–Kier alpha value is -0.830. The fraction of sp³-hybridized carbons (Fsp3) is 0.588. The maximum Gasteiger partial charge on any atom is 0.226 e. The summed E-state index contributed by atoms with van der Waals surface area (Å²) in [5, 5.41) is 0. The molecule has 0 aromatic heterocycles. The first-order chi connectivity index (χ1) is 9.40. The fourth-order valence-electron chi connectivity index (χ4n) is 3.16. The molecule has 20 heavy (non-hydrogen) atoms. The van der Waals surface area contributed by atoms with Crippen LogP contribution in [0.1, 0.15) is 45.1 Å². The standard InChI is InChI=1S/C17H24BrNO/c1-17(2)11-5-4-6-15(17)16(20)19(3)12-13-7-9-14(18)10-8-13/h7-10,15H,4-6,11-12H2,1-3H3. The van der Waals surface area contributed by atoms with Crippen molar-refractivity contribution >= 4 is 21.8 Å². The van der Waals surface area contributed by atoms with E-state index in [-0.39, 0.29) is 11.3 Å². The number of hydrogen-bond acceptors (Lipinski definition) is 1. The predicted molar refractivity (Wildman–Crippen MR) is 86.4 cm³/mol. The van der Waals surface area contributed by atoms with Crippen LogP contribution in [0.2, 0.25) is 0 Å².